The summed E-state index contributed by atoms with van der Waals surface area (Å²) in [5.74, 6) is 1.40. The van der Waals surface area contributed by atoms with E-state index in [4.69, 9.17) is 9.47 Å². The van der Waals surface area contributed by atoms with Crippen molar-refractivity contribution in [1.82, 2.24) is 10.3 Å². The largest absolute Gasteiger partial charge is 0.496 e. The summed E-state index contributed by atoms with van der Waals surface area (Å²) in [4.78, 5) is 16.6. The number of nitrogens with zero attached hydrogens (tertiary/aromatic N) is 1. The van der Waals surface area contributed by atoms with Crippen molar-refractivity contribution in [3.05, 3.63) is 83.7 Å². The van der Waals surface area contributed by atoms with E-state index in [-0.39, 0.29) is 5.91 Å². The number of hydrogen-bond acceptors (Lipinski definition) is 5. The van der Waals surface area contributed by atoms with Crippen LogP contribution in [0.3, 0.4) is 0 Å². The van der Waals surface area contributed by atoms with E-state index >= 15 is 0 Å². The van der Waals surface area contributed by atoms with Crippen LogP contribution in [-0.2, 0) is 13.0 Å². The van der Waals surface area contributed by atoms with Crippen molar-refractivity contribution in [2.75, 3.05) is 26.1 Å². The van der Waals surface area contributed by atoms with Gasteiger partial charge in [0.1, 0.15) is 17.2 Å². The molecule has 150 valence electrons. The Morgan fingerprint density at radius 3 is 2.21 bits per heavy atom. The Morgan fingerprint density at radius 1 is 0.897 bits per heavy atom. The zero-order valence-electron chi connectivity index (χ0n) is 16.6. The lowest BCUT2D eigenvalue weighted by molar-refractivity contribution is 0.0945. The summed E-state index contributed by atoms with van der Waals surface area (Å²) >= 11 is 0. The van der Waals surface area contributed by atoms with Crippen LogP contribution < -0.4 is 20.1 Å². The van der Waals surface area contributed by atoms with E-state index in [0.717, 1.165) is 41.3 Å². The fourth-order valence-corrected chi connectivity index (χ4v) is 3.00. The first kappa shape index (κ1) is 20.2. The van der Waals surface area contributed by atoms with Gasteiger partial charge in [-0.1, -0.05) is 36.4 Å². The number of ether oxygens (including phenoxy) is 2. The van der Waals surface area contributed by atoms with Gasteiger partial charge in [0.15, 0.2) is 0 Å². The standard InChI is InChI=1S/C23H25N3O3/c1-28-21-9-5-3-7-17(21)13-14-24-19-11-12-20(25-16-19)23(27)26-15-18-8-4-6-10-22(18)29-2/h3-12,16,24H,13-15H2,1-2H3,(H,26,27). The van der Waals surface area contributed by atoms with E-state index in [0.29, 0.717) is 12.2 Å². The Kier molecular flexibility index (Phi) is 7.05. The number of aromatic nitrogens is 1. The van der Waals surface area contributed by atoms with Crippen LogP contribution in [0.5, 0.6) is 11.5 Å². The maximum absolute atomic E-state index is 12.3. The zero-order chi connectivity index (χ0) is 20.5. The highest BCUT2D eigenvalue weighted by Crippen LogP contribution is 2.18. The third-order valence-corrected chi connectivity index (χ3v) is 4.54. The number of methoxy groups -OCH3 is 2. The predicted octanol–water partition coefficient (Wildman–Crippen LogP) is 3.68. The Bertz CT molecular complexity index is 942. The summed E-state index contributed by atoms with van der Waals surface area (Å²) in [5, 5.41) is 6.19. The van der Waals surface area contributed by atoms with Gasteiger partial charge in [0, 0.05) is 18.7 Å². The number of carbonyl (C=O) groups excluding carboxylic acids is 1. The smallest absolute Gasteiger partial charge is 0.270 e. The van der Waals surface area contributed by atoms with E-state index in [1.807, 2.05) is 54.6 Å². The Hall–Kier alpha value is -3.54. The van der Waals surface area contributed by atoms with Crippen molar-refractivity contribution < 1.29 is 14.3 Å². The topological polar surface area (TPSA) is 72.5 Å². The molecular formula is C23H25N3O3. The van der Waals surface area contributed by atoms with Gasteiger partial charge >= 0.3 is 0 Å². The summed E-state index contributed by atoms with van der Waals surface area (Å²) in [6.45, 7) is 1.12. The average molecular weight is 391 g/mol. The van der Waals surface area contributed by atoms with E-state index in [2.05, 4.69) is 15.6 Å². The molecule has 0 fully saturated rings. The number of para-hydroxylation sites is 2. The Labute approximate surface area is 170 Å². The molecule has 0 radical (unpaired) electrons. The monoisotopic (exact) mass is 391 g/mol. The van der Waals surface area contributed by atoms with Crippen LogP contribution in [0.1, 0.15) is 21.6 Å². The summed E-state index contributed by atoms with van der Waals surface area (Å²) in [6, 6.07) is 19.1. The van der Waals surface area contributed by atoms with Crippen molar-refractivity contribution in [2.24, 2.45) is 0 Å². The number of benzene rings is 2. The first-order chi connectivity index (χ1) is 14.2. The second-order valence-corrected chi connectivity index (χ2v) is 6.42. The lowest BCUT2D eigenvalue weighted by atomic mass is 10.1. The Balaban J connectivity index is 1.51. The van der Waals surface area contributed by atoms with Crippen LogP contribution in [0.25, 0.3) is 0 Å². The molecule has 3 aromatic rings. The molecule has 2 aromatic carbocycles. The molecule has 1 amide bonds. The highest BCUT2D eigenvalue weighted by molar-refractivity contribution is 5.92. The van der Waals surface area contributed by atoms with Crippen molar-refractivity contribution in [3.63, 3.8) is 0 Å². The molecule has 6 heteroatoms. The fourth-order valence-electron chi connectivity index (χ4n) is 3.00. The third-order valence-electron chi connectivity index (χ3n) is 4.54. The van der Waals surface area contributed by atoms with Crippen LogP contribution in [0.15, 0.2) is 66.9 Å². The Morgan fingerprint density at radius 2 is 1.55 bits per heavy atom. The molecule has 0 bridgehead atoms. The second kappa shape index (κ2) is 10.1. The number of pyridine rings is 1. The average Bonchev–Trinajstić information content (AvgIpc) is 2.78. The van der Waals surface area contributed by atoms with Crippen LogP contribution >= 0.6 is 0 Å². The molecule has 0 aliphatic heterocycles. The van der Waals surface area contributed by atoms with Crippen LogP contribution in [0, 0.1) is 0 Å². The maximum atomic E-state index is 12.3. The zero-order valence-corrected chi connectivity index (χ0v) is 16.6. The molecule has 3 rings (SSSR count). The van der Waals surface area contributed by atoms with Gasteiger partial charge in [0.2, 0.25) is 0 Å². The molecule has 0 atom stereocenters. The molecule has 0 aliphatic rings. The van der Waals surface area contributed by atoms with Crippen LogP contribution in [-0.4, -0.2) is 31.7 Å². The number of anilines is 1. The van der Waals surface area contributed by atoms with E-state index < -0.39 is 0 Å². The first-order valence-electron chi connectivity index (χ1n) is 9.43. The van der Waals surface area contributed by atoms with Crippen LogP contribution in [0.2, 0.25) is 0 Å². The fraction of sp³-hybridized carbons (Fsp3) is 0.217. The van der Waals surface area contributed by atoms with Gasteiger partial charge in [0.25, 0.3) is 5.91 Å². The minimum absolute atomic E-state index is 0.225. The molecule has 0 spiro atoms. The quantitative estimate of drug-likeness (QED) is 0.582. The molecule has 1 heterocycles. The molecule has 0 saturated carbocycles. The summed E-state index contributed by atoms with van der Waals surface area (Å²) in [7, 11) is 3.29. The molecular weight excluding hydrogens is 366 g/mol. The van der Waals surface area contributed by atoms with Gasteiger partial charge in [0.05, 0.1) is 26.1 Å². The van der Waals surface area contributed by atoms with Gasteiger partial charge in [-0.3, -0.25) is 4.79 Å². The number of hydrogen-bond donors (Lipinski definition) is 2. The minimum atomic E-state index is -0.225. The number of rotatable bonds is 9. The maximum Gasteiger partial charge on any atom is 0.270 e. The molecule has 2 N–H and O–H groups in total. The predicted molar refractivity (Wildman–Crippen MR) is 114 cm³/mol. The van der Waals surface area contributed by atoms with Crippen molar-refractivity contribution >= 4 is 11.6 Å². The van der Waals surface area contributed by atoms with Crippen LogP contribution in [0.4, 0.5) is 5.69 Å². The van der Waals surface area contributed by atoms with Gasteiger partial charge in [-0.2, -0.15) is 0 Å². The second-order valence-electron chi connectivity index (χ2n) is 6.42. The van der Waals surface area contributed by atoms with Crippen molar-refractivity contribution in [1.29, 1.82) is 0 Å². The number of amides is 1. The molecule has 1 aromatic heterocycles. The van der Waals surface area contributed by atoms with Crippen molar-refractivity contribution in [2.45, 2.75) is 13.0 Å². The lowest BCUT2D eigenvalue weighted by Crippen LogP contribution is -2.24. The minimum Gasteiger partial charge on any atom is -0.496 e. The number of nitrogens with one attached hydrogen (secondary N) is 2. The SMILES string of the molecule is COc1ccccc1CCNc1ccc(C(=O)NCc2ccccc2OC)nc1. The summed E-state index contributed by atoms with van der Waals surface area (Å²) in [5.41, 5.74) is 3.29. The van der Waals surface area contributed by atoms with Gasteiger partial charge in [-0.15, -0.1) is 0 Å². The molecule has 0 aliphatic carbocycles. The van der Waals surface area contributed by atoms with Gasteiger partial charge < -0.3 is 20.1 Å². The van der Waals surface area contributed by atoms with E-state index in [1.165, 1.54) is 0 Å². The van der Waals surface area contributed by atoms with E-state index in [9.17, 15) is 4.79 Å². The van der Waals surface area contributed by atoms with Crippen molar-refractivity contribution in [3.8, 4) is 11.5 Å². The lowest BCUT2D eigenvalue weighted by Gasteiger charge is -2.11. The third kappa shape index (κ3) is 5.48. The van der Waals surface area contributed by atoms with E-state index in [1.54, 1.807) is 26.5 Å². The highest BCUT2D eigenvalue weighted by Gasteiger charge is 2.09. The highest BCUT2D eigenvalue weighted by atomic mass is 16.5. The molecule has 29 heavy (non-hydrogen) atoms. The van der Waals surface area contributed by atoms with Gasteiger partial charge in [-0.05, 0) is 36.2 Å². The summed E-state index contributed by atoms with van der Waals surface area (Å²) < 4.78 is 10.7. The molecule has 0 unspecified atom stereocenters. The normalized spacial score (nSPS) is 10.3. The van der Waals surface area contributed by atoms with Gasteiger partial charge in [-0.25, -0.2) is 4.98 Å². The molecule has 0 saturated heterocycles. The first-order valence-corrected chi connectivity index (χ1v) is 9.43. The summed E-state index contributed by atoms with van der Waals surface area (Å²) in [6.07, 6.45) is 2.49. The molecule has 6 nitrogen and oxygen atoms in total. The number of carbonyl (C=O) groups is 1.